The molecule has 5 rings (SSSR count). The zero-order valence-corrected chi connectivity index (χ0v) is 23.4. The lowest BCUT2D eigenvalue weighted by molar-refractivity contribution is -0.598. The van der Waals surface area contributed by atoms with E-state index >= 15 is 0 Å². The minimum atomic E-state index is -2.83. The van der Waals surface area contributed by atoms with E-state index in [9.17, 15) is 32.9 Å². The third-order valence-corrected chi connectivity index (χ3v) is 7.80. The fourth-order valence-corrected chi connectivity index (χ4v) is 5.57. The summed E-state index contributed by atoms with van der Waals surface area (Å²) < 4.78 is 42.2. The number of nitrogens with one attached hydrogen (secondary N) is 1. The Morgan fingerprint density at radius 1 is 1.16 bits per heavy atom. The molecule has 3 aromatic rings. The predicted octanol–water partition coefficient (Wildman–Crippen LogP) is 5.23. The largest absolute Gasteiger partial charge is 0.351 e. The van der Waals surface area contributed by atoms with Gasteiger partial charge in [-0.05, 0) is 37.1 Å². The van der Waals surface area contributed by atoms with Crippen LogP contribution in [0, 0.1) is 22.1 Å². The number of hydrogen-bond acceptors (Lipinski definition) is 6. The van der Waals surface area contributed by atoms with Gasteiger partial charge < -0.3 is 5.32 Å². The van der Waals surface area contributed by atoms with Crippen molar-refractivity contribution in [1.82, 2.24) is 15.3 Å². The van der Waals surface area contributed by atoms with Gasteiger partial charge in [0.15, 0.2) is 6.04 Å². The number of hydrogen-bond donors (Lipinski definition) is 1. The molecule has 2 atom stereocenters. The highest BCUT2D eigenvalue weighted by Crippen LogP contribution is 2.37. The van der Waals surface area contributed by atoms with E-state index in [1.165, 1.54) is 36.5 Å². The van der Waals surface area contributed by atoms with Crippen molar-refractivity contribution in [3.05, 3.63) is 87.8 Å². The summed E-state index contributed by atoms with van der Waals surface area (Å²) in [4.78, 5) is 51.0. The molecule has 2 fully saturated rings. The highest BCUT2D eigenvalue weighted by Gasteiger charge is 2.51. The molecule has 1 aliphatic carbocycles. The first-order valence-electron chi connectivity index (χ1n) is 13.6. The molecule has 2 unspecified atom stereocenters. The molecule has 1 saturated heterocycles. The average Bonchev–Trinajstić information content (AvgIpc) is 3.38. The summed E-state index contributed by atoms with van der Waals surface area (Å²) in [5, 5.41) is 13.2. The molecule has 0 bridgehead atoms. The lowest BCUT2D eigenvalue weighted by Crippen LogP contribution is -2.54. The Morgan fingerprint density at radius 3 is 2.60 bits per heavy atom. The normalized spacial score (nSPS) is 19.0. The number of rotatable bonds is 8. The SMILES string of the molecule is N#Cc1ccnc(N2C(=O)CCC2[N+](=O)N(c2cccc(F)c2)C(C(=O)NC2CCC(F)(F)CC2)c2ccccc2Cl)n1. The van der Waals surface area contributed by atoms with Gasteiger partial charge in [-0.25, -0.2) is 28.0 Å². The summed E-state index contributed by atoms with van der Waals surface area (Å²) in [7, 11) is 0. The van der Waals surface area contributed by atoms with Crippen LogP contribution in [0.3, 0.4) is 0 Å². The van der Waals surface area contributed by atoms with E-state index in [2.05, 4.69) is 15.3 Å². The number of anilines is 2. The average molecular weight is 613 g/mol. The number of nitroso groups, excluding NO2 is 1. The number of halogens is 4. The summed E-state index contributed by atoms with van der Waals surface area (Å²) in [6.07, 6.45) is -0.873. The maximum atomic E-state index is 14.6. The van der Waals surface area contributed by atoms with Gasteiger partial charge >= 0.3 is 6.17 Å². The highest BCUT2D eigenvalue weighted by atomic mass is 35.5. The van der Waals surface area contributed by atoms with Gasteiger partial charge in [0.25, 0.3) is 5.91 Å². The number of alkyl halides is 2. The number of nitrogens with zero attached hydrogens (tertiary/aromatic N) is 6. The van der Waals surface area contributed by atoms with Crippen molar-refractivity contribution in [2.75, 3.05) is 9.91 Å². The molecular weight excluding hydrogens is 587 g/mol. The van der Waals surface area contributed by atoms with Crippen LogP contribution in [-0.2, 0) is 9.59 Å². The molecule has 2 heterocycles. The smallest absolute Gasteiger partial charge is 0.318 e. The van der Waals surface area contributed by atoms with Gasteiger partial charge in [0, 0.05) is 54.6 Å². The number of carbonyl (C=O) groups excluding carboxylic acids is 2. The summed E-state index contributed by atoms with van der Waals surface area (Å²) in [6, 6.07) is 12.4. The highest BCUT2D eigenvalue weighted by molar-refractivity contribution is 6.31. The Bertz CT molecular complexity index is 1590. The van der Waals surface area contributed by atoms with Crippen molar-refractivity contribution in [2.24, 2.45) is 0 Å². The van der Waals surface area contributed by atoms with Crippen LogP contribution < -0.4 is 15.2 Å². The molecule has 2 aromatic carbocycles. The van der Waals surface area contributed by atoms with Gasteiger partial charge in [0.05, 0.1) is 4.91 Å². The van der Waals surface area contributed by atoms with Crippen molar-refractivity contribution in [3.63, 3.8) is 0 Å². The van der Waals surface area contributed by atoms with Crippen LogP contribution in [0.1, 0.15) is 55.8 Å². The molecule has 2 aliphatic rings. The standard InChI is InChI=1S/C29H25ClF3N7O3/c30-23-7-2-1-6-22(23)26(27(42)36-19-10-13-29(32,33)14-11-19)39(21-5-3-4-18(31)16-21)40(43)24-8-9-25(41)38(24)28-35-15-12-20(17-34)37-28/h1-7,12,15-16,19,24,26H,8-11,13-14H2/p+1. The van der Waals surface area contributed by atoms with Gasteiger partial charge in [-0.1, -0.05) is 40.9 Å². The first-order chi connectivity index (χ1) is 20.6. The topological polar surface area (TPSA) is 122 Å². The van der Waals surface area contributed by atoms with Crippen molar-refractivity contribution < 1.29 is 27.6 Å². The fraction of sp³-hybridized carbons (Fsp3) is 0.345. The minimum absolute atomic E-state index is 0.0111. The second-order valence-electron chi connectivity index (χ2n) is 10.3. The zero-order valence-electron chi connectivity index (χ0n) is 22.7. The van der Waals surface area contributed by atoms with Crippen LogP contribution in [0.15, 0.2) is 60.8 Å². The summed E-state index contributed by atoms with van der Waals surface area (Å²) in [6.45, 7) is 0. The van der Waals surface area contributed by atoms with E-state index in [1.807, 2.05) is 6.07 Å². The number of nitriles is 1. The zero-order chi connectivity index (χ0) is 30.7. The van der Waals surface area contributed by atoms with Crippen molar-refractivity contribution >= 4 is 35.1 Å². The molecule has 1 aromatic heterocycles. The van der Waals surface area contributed by atoms with Gasteiger partial charge in [-0.3, -0.25) is 9.59 Å². The molecule has 0 radical (unpaired) electrons. The number of hydrazine groups is 1. The minimum Gasteiger partial charge on any atom is -0.351 e. The molecule has 10 nitrogen and oxygen atoms in total. The van der Waals surface area contributed by atoms with Crippen LogP contribution >= 0.6 is 11.6 Å². The number of amides is 2. The van der Waals surface area contributed by atoms with E-state index in [0.717, 1.165) is 22.0 Å². The molecular formula is C29H26ClF3N7O3+. The van der Waals surface area contributed by atoms with E-state index in [-0.39, 0.29) is 53.6 Å². The maximum Gasteiger partial charge on any atom is 0.318 e. The number of aromatic nitrogens is 2. The summed E-state index contributed by atoms with van der Waals surface area (Å²) in [5.41, 5.74) is 0.122. The molecule has 222 valence electrons. The van der Waals surface area contributed by atoms with Gasteiger partial charge in [-0.15, -0.1) is 0 Å². The monoisotopic (exact) mass is 612 g/mol. The lowest BCUT2D eigenvalue weighted by atomic mass is 9.91. The second-order valence-corrected chi connectivity index (χ2v) is 10.7. The number of benzene rings is 2. The van der Waals surface area contributed by atoms with E-state index in [4.69, 9.17) is 11.6 Å². The third-order valence-electron chi connectivity index (χ3n) is 7.45. The van der Waals surface area contributed by atoms with Crippen LogP contribution in [0.25, 0.3) is 0 Å². The Hall–Kier alpha value is -4.57. The Balaban J connectivity index is 1.59. The predicted molar refractivity (Wildman–Crippen MR) is 149 cm³/mol. The maximum absolute atomic E-state index is 14.6. The van der Waals surface area contributed by atoms with Crippen molar-refractivity contribution in [1.29, 1.82) is 5.26 Å². The lowest BCUT2D eigenvalue weighted by Gasteiger charge is -2.32. The van der Waals surface area contributed by atoms with Crippen LogP contribution in [0.5, 0.6) is 0 Å². The molecule has 2 amide bonds. The molecule has 1 saturated carbocycles. The van der Waals surface area contributed by atoms with Crippen molar-refractivity contribution in [3.8, 4) is 6.07 Å². The first kappa shape index (κ1) is 29.9. The number of carbonyl (C=O) groups is 2. The molecule has 0 spiro atoms. The van der Waals surface area contributed by atoms with Crippen LogP contribution in [0.2, 0.25) is 5.02 Å². The van der Waals surface area contributed by atoms with Crippen molar-refractivity contribution in [2.45, 2.75) is 62.7 Å². The fourth-order valence-electron chi connectivity index (χ4n) is 5.33. The van der Waals surface area contributed by atoms with Crippen LogP contribution in [-0.4, -0.2) is 44.8 Å². The van der Waals surface area contributed by atoms with E-state index in [1.54, 1.807) is 12.1 Å². The summed E-state index contributed by atoms with van der Waals surface area (Å²) >= 11 is 6.54. The van der Waals surface area contributed by atoms with Gasteiger partial charge in [0.2, 0.25) is 17.8 Å². The Labute approximate surface area is 249 Å². The second kappa shape index (κ2) is 12.3. The summed E-state index contributed by atoms with van der Waals surface area (Å²) in [5.74, 6) is -4.94. The molecule has 1 aliphatic heterocycles. The van der Waals surface area contributed by atoms with Crippen LogP contribution in [0.4, 0.5) is 24.8 Å². The molecule has 43 heavy (non-hydrogen) atoms. The Morgan fingerprint density at radius 2 is 1.91 bits per heavy atom. The van der Waals surface area contributed by atoms with E-state index in [0.29, 0.717) is 4.87 Å². The first-order valence-corrected chi connectivity index (χ1v) is 13.9. The Kier molecular flexibility index (Phi) is 8.59. The van der Waals surface area contributed by atoms with Gasteiger partial charge in [-0.2, -0.15) is 5.26 Å². The van der Waals surface area contributed by atoms with E-state index < -0.39 is 54.6 Å². The van der Waals surface area contributed by atoms with Gasteiger partial charge in [0.1, 0.15) is 28.1 Å². The quantitative estimate of drug-likeness (QED) is 0.273. The third kappa shape index (κ3) is 6.44. The molecule has 1 N–H and O–H groups in total. The molecule has 14 heteroatoms.